The first kappa shape index (κ1) is 17.8. The summed E-state index contributed by atoms with van der Waals surface area (Å²) in [5, 5.41) is 13.4. The molecule has 1 aliphatic heterocycles. The summed E-state index contributed by atoms with van der Waals surface area (Å²) in [6.45, 7) is 1.68. The van der Waals surface area contributed by atoms with E-state index in [4.69, 9.17) is 4.74 Å². The van der Waals surface area contributed by atoms with Gasteiger partial charge in [-0.15, -0.1) is 0 Å². The Bertz CT molecular complexity index is 1090. The molecule has 1 amide bonds. The lowest BCUT2D eigenvalue weighted by atomic mass is 9.94. The molecule has 142 valence electrons. The molecule has 0 saturated carbocycles. The van der Waals surface area contributed by atoms with Crippen LogP contribution in [0.15, 0.2) is 59.7 Å². The van der Waals surface area contributed by atoms with Crippen molar-refractivity contribution in [2.24, 2.45) is 4.99 Å². The van der Waals surface area contributed by atoms with Crippen molar-refractivity contribution >= 4 is 28.6 Å². The Labute approximate surface area is 161 Å². The van der Waals surface area contributed by atoms with Crippen molar-refractivity contribution in [2.45, 2.75) is 18.9 Å². The van der Waals surface area contributed by atoms with E-state index in [0.29, 0.717) is 0 Å². The highest BCUT2D eigenvalue weighted by Crippen LogP contribution is 2.30. The number of amides is 1. The number of nitrogens with zero attached hydrogens (tertiary/aromatic N) is 1. The van der Waals surface area contributed by atoms with Crippen LogP contribution in [0.3, 0.4) is 0 Å². The molecule has 0 radical (unpaired) electrons. The zero-order chi connectivity index (χ0) is 19.7. The fraction of sp³-hybridized carbons (Fsp3) is 0.190. The molecule has 0 bridgehead atoms. The van der Waals surface area contributed by atoms with Gasteiger partial charge in [-0.2, -0.15) is 0 Å². The van der Waals surface area contributed by atoms with E-state index in [9.17, 15) is 14.7 Å². The van der Waals surface area contributed by atoms with Gasteiger partial charge in [0.2, 0.25) is 0 Å². The molecular weight excluding hydrogens is 358 g/mol. The first-order chi connectivity index (χ1) is 13.5. The Balaban J connectivity index is 1.48. The van der Waals surface area contributed by atoms with Crippen LogP contribution in [-0.4, -0.2) is 40.5 Å². The Morgan fingerprint density at radius 1 is 1.21 bits per heavy atom. The number of nitrogens with one attached hydrogen (secondary N) is 2. The van der Waals surface area contributed by atoms with Crippen molar-refractivity contribution in [3.63, 3.8) is 0 Å². The van der Waals surface area contributed by atoms with Gasteiger partial charge in [0.25, 0.3) is 11.9 Å². The number of Topliss-reactive ketones (excluding diaryl/α,β-unsaturated/α-hetero) is 1. The number of fused-ring (bicyclic) bond motifs is 1. The SMILES string of the molecule is C[C@H](c1c[nH]c2ccccc12)[C@@H]1OC(=NCC(=O)c2ccccc2O)NC1=O. The molecule has 1 aromatic heterocycles. The maximum Gasteiger partial charge on any atom is 0.292 e. The standard InChI is InChI=1S/C21H19N3O4/c1-12(15-10-22-16-8-4-2-6-13(15)16)19-20(27)24-21(28-19)23-11-18(26)14-7-3-5-9-17(14)25/h2-10,12,19,22,25H,11H2,1H3,(H,23,24,27)/t12-,19+/m1/s1. The molecule has 3 aromatic rings. The third kappa shape index (κ3) is 3.22. The van der Waals surface area contributed by atoms with E-state index in [0.717, 1.165) is 16.5 Å². The predicted molar refractivity (Wildman–Crippen MR) is 104 cm³/mol. The minimum absolute atomic E-state index is 0.0189. The third-order valence-corrected chi connectivity index (χ3v) is 4.86. The van der Waals surface area contributed by atoms with Crippen LogP contribution in [0, 0.1) is 0 Å². The summed E-state index contributed by atoms with van der Waals surface area (Å²) in [5.74, 6) is -0.976. The number of hydrogen-bond acceptors (Lipinski definition) is 5. The molecule has 1 saturated heterocycles. The molecule has 0 unspecified atom stereocenters. The average molecular weight is 377 g/mol. The van der Waals surface area contributed by atoms with Crippen LogP contribution in [0.4, 0.5) is 0 Å². The van der Waals surface area contributed by atoms with E-state index in [-0.39, 0.29) is 41.5 Å². The molecule has 1 fully saturated rings. The van der Waals surface area contributed by atoms with Crippen molar-refractivity contribution in [2.75, 3.05) is 6.54 Å². The molecule has 3 N–H and O–H groups in total. The van der Waals surface area contributed by atoms with E-state index in [1.165, 1.54) is 12.1 Å². The summed E-state index contributed by atoms with van der Waals surface area (Å²) in [6, 6.07) is 14.1. The summed E-state index contributed by atoms with van der Waals surface area (Å²) in [7, 11) is 0. The minimum Gasteiger partial charge on any atom is -0.507 e. The van der Waals surface area contributed by atoms with Crippen LogP contribution >= 0.6 is 0 Å². The number of phenolic OH excluding ortho intramolecular Hbond substituents is 1. The van der Waals surface area contributed by atoms with Gasteiger partial charge >= 0.3 is 0 Å². The fourth-order valence-electron chi connectivity index (χ4n) is 3.36. The molecule has 2 aromatic carbocycles. The molecule has 0 spiro atoms. The Morgan fingerprint density at radius 3 is 2.79 bits per heavy atom. The smallest absolute Gasteiger partial charge is 0.292 e. The number of rotatable bonds is 5. The Kier molecular flexibility index (Phi) is 4.57. The lowest BCUT2D eigenvalue weighted by molar-refractivity contribution is -0.124. The largest absolute Gasteiger partial charge is 0.507 e. The number of aromatic nitrogens is 1. The highest BCUT2D eigenvalue weighted by molar-refractivity contribution is 6.05. The maximum atomic E-state index is 12.4. The number of para-hydroxylation sites is 2. The van der Waals surface area contributed by atoms with Crippen molar-refractivity contribution in [1.29, 1.82) is 0 Å². The predicted octanol–water partition coefficient (Wildman–Crippen LogP) is 2.73. The number of benzene rings is 2. The van der Waals surface area contributed by atoms with Crippen LogP contribution in [0.2, 0.25) is 0 Å². The normalized spacial score (nSPS) is 18.8. The second-order valence-corrected chi connectivity index (χ2v) is 6.67. The van der Waals surface area contributed by atoms with Crippen molar-refractivity contribution in [3.8, 4) is 5.75 Å². The van der Waals surface area contributed by atoms with Crippen molar-refractivity contribution in [3.05, 3.63) is 65.9 Å². The molecule has 0 aliphatic carbocycles. The minimum atomic E-state index is -0.738. The molecule has 7 nitrogen and oxygen atoms in total. The summed E-state index contributed by atoms with van der Waals surface area (Å²) in [5.41, 5.74) is 2.15. The van der Waals surface area contributed by atoms with Crippen LogP contribution in [0.1, 0.15) is 28.8 Å². The van der Waals surface area contributed by atoms with Crippen LogP contribution < -0.4 is 5.32 Å². The van der Waals surface area contributed by atoms with E-state index < -0.39 is 6.10 Å². The van der Waals surface area contributed by atoms with Gasteiger partial charge in [0.15, 0.2) is 11.9 Å². The van der Waals surface area contributed by atoms with Gasteiger partial charge < -0.3 is 14.8 Å². The molecule has 1 aliphatic rings. The molecule has 2 atom stereocenters. The highest BCUT2D eigenvalue weighted by Gasteiger charge is 2.37. The monoisotopic (exact) mass is 377 g/mol. The van der Waals surface area contributed by atoms with Crippen LogP contribution in [0.25, 0.3) is 10.9 Å². The number of amidine groups is 1. The lowest BCUT2D eigenvalue weighted by Crippen LogP contribution is -2.28. The van der Waals surface area contributed by atoms with Gasteiger partial charge in [-0.05, 0) is 23.8 Å². The number of H-pyrrole nitrogens is 1. The molecule has 2 heterocycles. The van der Waals surface area contributed by atoms with Gasteiger partial charge in [-0.1, -0.05) is 37.3 Å². The number of ether oxygens (including phenoxy) is 1. The van der Waals surface area contributed by atoms with E-state index in [1.54, 1.807) is 12.1 Å². The van der Waals surface area contributed by atoms with Gasteiger partial charge in [-0.3, -0.25) is 14.9 Å². The molecule has 28 heavy (non-hydrogen) atoms. The summed E-state index contributed by atoms with van der Waals surface area (Å²) in [6.07, 6.45) is 1.14. The maximum absolute atomic E-state index is 12.4. The number of carbonyl (C=O) groups is 2. The van der Waals surface area contributed by atoms with Crippen molar-refractivity contribution < 1.29 is 19.4 Å². The molecule has 7 heteroatoms. The van der Waals surface area contributed by atoms with Gasteiger partial charge in [0.05, 0.1) is 5.56 Å². The summed E-state index contributed by atoms with van der Waals surface area (Å²) in [4.78, 5) is 31.8. The van der Waals surface area contributed by atoms with E-state index in [1.807, 2.05) is 37.4 Å². The summed E-state index contributed by atoms with van der Waals surface area (Å²) < 4.78 is 5.69. The van der Waals surface area contributed by atoms with Gasteiger partial charge in [0.1, 0.15) is 12.3 Å². The van der Waals surface area contributed by atoms with Crippen molar-refractivity contribution in [1.82, 2.24) is 10.3 Å². The zero-order valence-corrected chi connectivity index (χ0v) is 15.2. The number of aromatic amines is 1. The fourth-order valence-corrected chi connectivity index (χ4v) is 3.36. The topological polar surface area (TPSA) is 104 Å². The first-order valence-corrected chi connectivity index (χ1v) is 8.94. The Morgan fingerprint density at radius 2 is 1.96 bits per heavy atom. The average Bonchev–Trinajstić information content (AvgIpc) is 3.29. The number of carbonyl (C=O) groups excluding carboxylic acids is 2. The number of phenols is 1. The van der Waals surface area contributed by atoms with Crippen LogP contribution in [0.5, 0.6) is 5.75 Å². The summed E-state index contributed by atoms with van der Waals surface area (Å²) >= 11 is 0. The van der Waals surface area contributed by atoms with Gasteiger partial charge in [-0.25, -0.2) is 4.99 Å². The zero-order valence-electron chi connectivity index (χ0n) is 15.2. The number of aliphatic imine (C=N–C) groups is 1. The van der Waals surface area contributed by atoms with E-state index >= 15 is 0 Å². The van der Waals surface area contributed by atoms with Gasteiger partial charge in [0, 0.05) is 23.0 Å². The Hall–Kier alpha value is -3.61. The second kappa shape index (κ2) is 7.19. The quantitative estimate of drug-likeness (QED) is 0.595. The number of aromatic hydroxyl groups is 1. The number of hydrogen-bond donors (Lipinski definition) is 3. The van der Waals surface area contributed by atoms with E-state index in [2.05, 4.69) is 15.3 Å². The third-order valence-electron chi connectivity index (χ3n) is 4.86. The van der Waals surface area contributed by atoms with Crippen LogP contribution in [-0.2, 0) is 9.53 Å². The molecular formula is C21H19N3O4. The first-order valence-electron chi connectivity index (χ1n) is 8.94. The highest BCUT2D eigenvalue weighted by atomic mass is 16.5. The number of ketones is 1. The molecule has 4 rings (SSSR count). The lowest BCUT2D eigenvalue weighted by Gasteiger charge is -2.15. The second-order valence-electron chi connectivity index (χ2n) is 6.67.